The molecule has 2 aromatic carbocycles. The van der Waals surface area contributed by atoms with Gasteiger partial charge in [0.25, 0.3) is 0 Å². The maximum Gasteiger partial charge on any atom is 0.416 e. The van der Waals surface area contributed by atoms with Gasteiger partial charge in [0.1, 0.15) is 12.0 Å². The number of hydrogen-bond donors (Lipinski definition) is 2. The number of benzene rings is 2. The highest BCUT2D eigenvalue weighted by Crippen LogP contribution is 2.34. The number of carbonyl (C=O) groups excluding carboxylic acids is 1. The first kappa shape index (κ1) is 20.9. The molecule has 0 amide bonds. The van der Waals surface area contributed by atoms with Crippen LogP contribution < -0.4 is 16.0 Å². The van der Waals surface area contributed by atoms with E-state index in [2.05, 4.69) is 15.3 Å². The van der Waals surface area contributed by atoms with Crippen LogP contribution in [0.2, 0.25) is 0 Å². The highest BCUT2D eigenvalue weighted by molar-refractivity contribution is 5.97. The van der Waals surface area contributed by atoms with Gasteiger partial charge in [-0.3, -0.25) is 0 Å². The molecule has 0 bridgehead atoms. The molecule has 0 aliphatic rings. The predicted molar refractivity (Wildman–Crippen MR) is 107 cm³/mol. The molecule has 0 atom stereocenters. The lowest BCUT2D eigenvalue weighted by Gasteiger charge is -2.23. The number of anilines is 5. The van der Waals surface area contributed by atoms with Crippen LogP contribution in [0.5, 0.6) is 0 Å². The molecular formula is C20H18F3N5O2. The highest BCUT2D eigenvalue weighted by atomic mass is 19.4. The zero-order valence-corrected chi connectivity index (χ0v) is 16.1. The Morgan fingerprint density at radius 1 is 1.10 bits per heavy atom. The van der Waals surface area contributed by atoms with Gasteiger partial charge in [-0.2, -0.15) is 13.2 Å². The van der Waals surface area contributed by atoms with Crippen molar-refractivity contribution in [2.45, 2.75) is 6.18 Å². The lowest BCUT2D eigenvalue weighted by atomic mass is 10.1. The van der Waals surface area contributed by atoms with Crippen LogP contribution in [0.25, 0.3) is 0 Å². The second-order valence-electron chi connectivity index (χ2n) is 6.23. The Labute approximate surface area is 170 Å². The summed E-state index contributed by atoms with van der Waals surface area (Å²) >= 11 is 0. The van der Waals surface area contributed by atoms with E-state index in [9.17, 15) is 18.0 Å². The summed E-state index contributed by atoms with van der Waals surface area (Å²) in [5.41, 5.74) is 6.79. The molecule has 0 unspecified atom stereocenters. The van der Waals surface area contributed by atoms with Crippen molar-refractivity contribution in [1.82, 2.24) is 9.97 Å². The molecular weight excluding hydrogens is 399 g/mol. The van der Waals surface area contributed by atoms with Crippen LogP contribution in [-0.4, -0.2) is 30.1 Å². The zero-order valence-electron chi connectivity index (χ0n) is 16.1. The largest absolute Gasteiger partial charge is 0.465 e. The van der Waals surface area contributed by atoms with Crippen molar-refractivity contribution in [3.8, 4) is 0 Å². The normalized spacial score (nSPS) is 11.1. The van der Waals surface area contributed by atoms with Crippen LogP contribution in [0.15, 0.2) is 54.9 Å². The van der Waals surface area contributed by atoms with Gasteiger partial charge in [-0.25, -0.2) is 14.8 Å². The van der Waals surface area contributed by atoms with Crippen molar-refractivity contribution >= 4 is 34.7 Å². The van der Waals surface area contributed by atoms with Crippen LogP contribution in [-0.2, 0) is 10.9 Å². The van der Waals surface area contributed by atoms with Gasteiger partial charge in [0.15, 0.2) is 11.6 Å². The number of esters is 1. The Hall–Kier alpha value is -3.82. The smallest absolute Gasteiger partial charge is 0.416 e. The quantitative estimate of drug-likeness (QED) is 0.595. The third kappa shape index (κ3) is 4.27. The van der Waals surface area contributed by atoms with Crippen molar-refractivity contribution in [3.63, 3.8) is 0 Å². The van der Waals surface area contributed by atoms with E-state index >= 15 is 0 Å². The number of halogens is 3. The average molecular weight is 417 g/mol. The van der Waals surface area contributed by atoms with E-state index in [4.69, 9.17) is 10.5 Å². The summed E-state index contributed by atoms with van der Waals surface area (Å²) in [5, 5.41) is 2.88. The molecule has 0 spiro atoms. The van der Waals surface area contributed by atoms with E-state index in [0.717, 1.165) is 12.1 Å². The average Bonchev–Trinajstić information content (AvgIpc) is 2.74. The van der Waals surface area contributed by atoms with Crippen LogP contribution >= 0.6 is 0 Å². The lowest BCUT2D eigenvalue weighted by molar-refractivity contribution is -0.137. The Kier molecular flexibility index (Phi) is 5.77. The standard InChI is InChI=1S/C20H18F3N5O2/c1-28(15-6-4-3-5-14(15)19(29)30-2)18-16(24)17(25-11-26-18)27-13-9-7-12(8-10-13)20(21,22)23/h3-11H,24H2,1-2H3,(H,25,26,27). The molecule has 0 aliphatic heterocycles. The maximum atomic E-state index is 12.7. The van der Waals surface area contributed by atoms with Crippen LogP contribution in [0.4, 0.5) is 41.9 Å². The molecule has 10 heteroatoms. The number of aromatic nitrogens is 2. The first-order valence-corrected chi connectivity index (χ1v) is 8.68. The number of ether oxygens (including phenoxy) is 1. The van der Waals surface area contributed by atoms with Crippen molar-refractivity contribution in [2.24, 2.45) is 0 Å². The van der Waals surface area contributed by atoms with Gasteiger partial charge in [-0.15, -0.1) is 0 Å². The minimum Gasteiger partial charge on any atom is -0.465 e. The molecule has 0 saturated carbocycles. The number of carbonyl (C=O) groups is 1. The van der Waals surface area contributed by atoms with Gasteiger partial charge < -0.3 is 20.7 Å². The van der Waals surface area contributed by atoms with Gasteiger partial charge in [-0.05, 0) is 36.4 Å². The van der Waals surface area contributed by atoms with Gasteiger partial charge in [0.05, 0.1) is 23.9 Å². The summed E-state index contributed by atoms with van der Waals surface area (Å²) in [7, 11) is 2.95. The minimum atomic E-state index is -4.42. The van der Waals surface area contributed by atoms with E-state index in [0.29, 0.717) is 22.8 Å². The second kappa shape index (κ2) is 8.27. The van der Waals surface area contributed by atoms with Gasteiger partial charge in [-0.1, -0.05) is 12.1 Å². The molecule has 156 valence electrons. The summed E-state index contributed by atoms with van der Waals surface area (Å²) in [5.74, 6) is -0.00824. The number of nitrogens with two attached hydrogens (primary N) is 1. The van der Waals surface area contributed by atoms with E-state index < -0.39 is 17.7 Å². The predicted octanol–water partition coefficient (Wildman–Crippen LogP) is 4.38. The second-order valence-corrected chi connectivity index (χ2v) is 6.23. The van der Waals surface area contributed by atoms with Gasteiger partial charge in [0.2, 0.25) is 0 Å². The van der Waals surface area contributed by atoms with Gasteiger partial charge >= 0.3 is 12.1 Å². The number of nitrogen functional groups attached to an aromatic ring is 1. The van der Waals surface area contributed by atoms with E-state index in [1.54, 1.807) is 36.2 Å². The number of hydrogen-bond acceptors (Lipinski definition) is 7. The first-order valence-electron chi connectivity index (χ1n) is 8.68. The molecule has 0 aliphatic carbocycles. The number of para-hydroxylation sites is 1. The Balaban J connectivity index is 1.91. The van der Waals surface area contributed by atoms with E-state index in [1.807, 2.05) is 0 Å². The van der Waals surface area contributed by atoms with Crippen molar-refractivity contribution in [3.05, 3.63) is 66.0 Å². The summed E-state index contributed by atoms with van der Waals surface area (Å²) in [6.07, 6.45) is -3.16. The van der Waals surface area contributed by atoms with Crippen LogP contribution in [0.1, 0.15) is 15.9 Å². The topological polar surface area (TPSA) is 93.4 Å². The Bertz CT molecular complexity index is 1060. The molecule has 0 radical (unpaired) electrons. The molecule has 1 heterocycles. The van der Waals surface area contributed by atoms with Crippen LogP contribution in [0.3, 0.4) is 0 Å². The highest BCUT2D eigenvalue weighted by Gasteiger charge is 2.30. The molecule has 0 fully saturated rings. The number of methoxy groups -OCH3 is 1. The molecule has 30 heavy (non-hydrogen) atoms. The van der Waals surface area contributed by atoms with E-state index in [1.165, 1.54) is 25.6 Å². The molecule has 3 aromatic rings. The number of alkyl halides is 3. The molecule has 3 N–H and O–H groups in total. The van der Waals surface area contributed by atoms with Crippen LogP contribution in [0, 0.1) is 0 Å². The number of nitrogens with one attached hydrogen (secondary N) is 1. The summed E-state index contributed by atoms with van der Waals surface area (Å²) < 4.78 is 43.0. The van der Waals surface area contributed by atoms with Crippen molar-refractivity contribution in [2.75, 3.05) is 30.1 Å². The van der Waals surface area contributed by atoms with Gasteiger partial charge in [0, 0.05) is 12.7 Å². The Morgan fingerprint density at radius 2 is 1.77 bits per heavy atom. The number of rotatable bonds is 5. The fraction of sp³-hybridized carbons (Fsp3) is 0.150. The lowest BCUT2D eigenvalue weighted by Crippen LogP contribution is -2.18. The first-order chi connectivity index (χ1) is 14.2. The third-order valence-corrected chi connectivity index (χ3v) is 4.33. The fourth-order valence-corrected chi connectivity index (χ4v) is 2.80. The fourth-order valence-electron chi connectivity index (χ4n) is 2.80. The zero-order chi connectivity index (χ0) is 21.9. The van der Waals surface area contributed by atoms with E-state index in [-0.39, 0.29) is 11.5 Å². The Morgan fingerprint density at radius 3 is 2.40 bits per heavy atom. The summed E-state index contributed by atoms with van der Waals surface area (Å²) in [6.45, 7) is 0. The molecule has 1 aromatic heterocycles. The third-order valence-electron chi connectivity index (χ3n) is 4.33. The monoisotopic (exact) mass is 417 g/mol. The SMILES string of the molecule is COC(=O)c1ccccc1N(C)c1ncnc(Nc2ccc(C(F)(F)F)cc2)c1N. The molecule has 7 nitrogen and oxygen atoms in total. The molecule has 3 rings (SSSR count). The summed E-state index contributed by atoms with van der Waals surface area (Å²) in [4.78, 5) is 21.9. The van der Waals surface area contributed by atoms with Crippen molar-refractivity contribution < 1.29 is 22.7 Å². The molecule has 0 saturated heterocycles. The van der Waals surface area contributed by atoms with Crippen molar-refractivity contribution in [1.29, 1.82) is 0 Å². The minimum absolute atomic E-state index is 0.152. The summed E-state index contributed by atoms with van der Waals surface area (Å²) in [6, 6.07) is 11.2. The maximum absolute atomic E-state index is 12.7. The number of nitrogens with zero attached hydrogens (tertiary/aromatic N) is 3.